The maximum absolute atomic E-state index is 5.53. The molecule has 0 fully saturated rings. The Kier molecular flexibility index (Phi) is 5.63. The van der Waals surface area contributed by atoms with Crippen LogP contribution in [-0.2, 0) is 0 Å². The van der Waals surface area contributed by atoms with E-state index in [1.54, 1.807) is 0 Å². The first kappa shape index (κ1) is 9.08. The summed E-state index contributed by atoms with van der Waals surface area (Å²) in [4.78, 5) is 0. The fourth-order valence-corrected chi connectivity index (χ4v) is 0.440. The number of hydrogen-bond acceptors (Lipinski definition) is 1. The average Bonchev–Trinajstić information content (AvgIpc) is 1.98. The normalized spacial score (nSPS) is 10.9. The van der Waals surface area contributed by atoms with Crippen molar-refractivity contribution in [3.8, 4) is 24.2 Å². The summed E-state index contributed by atoms with van der Waals surface area (Å²) in [5.74, 6) is 8.33. The van der Waals surface area contributed by atoms with Gasteiger partial charge in [0.1, 0.15) is 0 Å². The first-order valence-corrected chi connectivity index (χ1v) is 3.48. The lowest BCUT2D eigenvalue weighted by Gasteiger charge is -1.94. The predicted molar refractivity (Wildman–Crippen MR) is 44.1 cm³/mol. The molecule has 1 atom stereocenters. The summed E-state index contributed by atoms with van der Waals surface area (Å²) in [7, 11) is 0. The van der Waals surface area contributed by atoms with Gasteiger partial charge in [-0.15, -0.1) is 18.3 Å². The van der Waals surface area contributed by atoms with Crippen LogP contribution in [0.25, 0.3) is 0 Å². The predicted octanol–water partition coefficient (Wildman–Crippen LogP) is 1.14. The van der Waals surface area contributed by atoms with E-state index in [0.29, 0.717) is 0 Å². The molecule has 0 aromatic carbocycles. The van der Waals surface area contributed by atoms with Crippen LogP contribution in [0.1, 0.15) is 26.2 Å². The number of unbranched alkanes of at least 4 members (excludes halogenated alkanes) is 1. The van der Waals surface area contributed by atoms with E-state index in [4.69, 9.17) is 12.2 Å². The summed E-state index contributed by atoms with van der Waals surface area (Å²) < 4.78 is 0. The van der Waals surface area contributed by atoms with Gasteiger partial charge in [0.05, 0.1) is 6.04 Å². The summed E-state index contributed by atoms with van der Waals surface area (Å²) in [5.41, 5.74) is 5.53. The van der Waals surface area contributed by atoms with Crippen molar-refractivity contribution in [2.45, 2.75) is 32.2 Å². The summed E-state index contributed by atoms with van der Waals surface area (Å²) in [6, 6.07) is 0.0257. The van der Waals surface area contributed by atoms with E-state index < -0.39 is 0 Å². The highest BCUT2D eigenvalue weighted by Crippen LogP contribution is 1.85. The van der Waals surface area contributed by atoms with Gasteiger partial charge in [-0.3, -0.25) is 0 Å². The third-order valence-electron chi connectivity index (χ3n) is 1.12. The maximum Gasteiger partial charge on any atom is 0.0661 e. The zero-order chi connectivity index (χ0) is 7.82. The minimum atomic E-state index is 0.0257. The molecule has 1 nitrogen and oxygen atoms in total. The monoisotopic (exact) mass is 135 g/mol. The van der Waals surface area contributed by atoms with Gasteiger partial charge in [0.25, 0.3) is 0 Å². The Morgan fingerprint density at radius 3 is 2.70 bits per heavy atom. The van der Waals surface area contributed by atoms with E-state index in [1.165, 1.54) is 0 Å². The van der Waals surface area contributed by atoms with Crippen LogP contribution >= 0.6 is 0 Å². The second-order valence-electron chi connectivity index (χ2n) is 2.04. The molecule has 0 radical (unpaired) electrons. The average molecular weight is 135 g/mol. The van der Waals surface area contributed by atoms with Crippen molar-refractivity contribution in [2.24, 2.45) is 5.73 Å². The third-order valence-corrected chi connectivity index (χ3v) is 1.12. The molecule has 0 spiro atoms. The number of hydrogen-bond donors (Lipinski definition) is 1. The van der Waals surface area contributed by atoms with Gasteiger partial charge in [0.2, 0.25) is 0 Å². The molecular weight excluding hydrogens is 122 g/mol. The molecule has 0 aromatic heterocycles. The topological polar surface area (TPSA) is 26.0 Å². The highest BCUT2D eigenvalue weighted by molar-refractivity contribution is 5.07. The lowest BCUT2D eigenvalue weighted by molar-refractivity contribution is 0.804. The van der Waals surface area contributed by atoms with Crippen molar-refractivity contribution in [3.63, 3.8) is 0 Å². The van der Waals surface area contributed by atoms with Crippen LogP contribution in [0.15, 0.2) is 0 Å². The van der Waals surface area contributed by atoms with Crippen LogP contribution < -0.4 is 5.73 Å². The molecule has 0 aliphatic heterocycles. The molecule has 0 aliphatic carbocycles. The van der Waals surface area contributed by atoms with E-state index in [-0.39, 0.29) is 6.04 Å². The van der Waals surface area contributed by atoms with Crippen molar-refractivity contribution in [3.05, 3.63) is 0 Å². The molecule has 54 valence electrons. The maximum atomic E-state index is 5.53. The Hall–Kier alpha value is -0.920. The Morgan fingerprint density at radius 2 is 2.20 bits per heavy atom. The van der Waals surface area contributed by atoms with Gasteiger partial charge in [-0.25, -0.2) is 0 Å². The fraction of sp³-hybridized carbons (Fsp3) is 0.556. The Bertz CT molecular complexity index is 165. The van der Waals surface area contributed by atoms with E-state index in [1.807, 2.05) is 6.92 Å². The Balaban J connectivity index is 3.40. The largest absolute Gasteiger partial charge is 0.318 e. The van der Waals surface area contributed by atoms with Crippen LogP contribution in [0.2, 0.25) is 0 Å². The van der Waals surface area contributed by atoms with E-state index in [9.17, 15) is 0 Å². The molecule has 1 unspecified atom stereocenters. The second-order valence-corrected chi connectivity index (χ2v) is 2.04. The van der Waals surface area contributed by atoms with Crippen molar-refractivity contribution in [1.29, 1.82) is 0 Å². The van der Waals surface area contributed by atoms with Gasteiger partial charge >= 0.3 is 0 Å². The van der Waals surface area contributed by atoms with E-state index in [0.717, 1.165) is 19.3 Å². The van der Waals surface area contributed by atoms with Gasteiger partial charge < -0.3 is 5.73 Å². The molecule has 0 saturated carbocycles. The van der Waals surface area contributed by atoms with Crippen LogP contribution in [0, 0.1) is 24.2 Å². The Labute approximate surface area is 63.0 Å². The molecule has 2 N–H and O–H groups in total. The van der Waals surface area contributed by atoms with Crippen LogP contribution in [0.3, 0.4) is 0 Å². The van der Waals surface area contributed by atoms with Gasteiger partial charge in [0.15, 0.2) is 0 Å². The standard InChI is InChI=1S/C9H13N/c1-3-5-6-7-8-9(10)4-2/h1,9H,4-6,10H2,2H3. The first-order chi connectivity index (χ1) is 4.81. The molecule has 1 heteroatoms. The van der Waals surface area contributed by atoms with Gasteiger partial charge in [0, 0.05) is 12.8 Å². The van der Waals surface area contributed by atoms with Gasteiger partial charge in [-0.1, -0.05) is 12.8 Å². The zero-order valence-corrected chi connectivity index (χ0v) is 6.35. The van der Waals surface area contributed by atoms with Crippen molar-refractivity contribution in [2.75, 3.05) is 0 Å². The molecule has 0 saturated heterocycles. The molecule has 0 heterocycles. The molecule has 0 rings (SSSR count). The molecule has 0 aliphatic rings. The molecule has 0 bridgehead atoms. The van der Waals surface area contributed by atoms with Crippen molar-refractivity contribution >= 4 is 0 Å². The summed E-state index contributed by atoms with van der Waals surface area (Å²) in [6.07, 6.45) is 7.43. The van der Waals surface area contributed by atoms with Crippen LogP contribution in [0.4, 0.5) is 0 Å². The minimum Gasteiger partial charge on any atom is -0.318 e. The number of terminal acetylenes is 1. The number of nitrogens with two attached hydrogens (primary N) is 1. The number of rotatable bonds is 2. The highest BCUT2D eigenvalue weighted by atomic mass is 14.6. The van der Waals surface area contributed by atoms with Crippen molar-refractivity contribution < 1.29 is 0 Å². The lowest BCUT2D eigenvalue weighted by atomic mass is 10.2. The third kappa shape index (κ3) is 5.22. The molecule has 0 aromatic rings. The summed E-state index contributed by atoms with van der Waals surface area (Å²) >= 11 is 0. The van der Waals surface area contributed by atoms with Crippen LogP contribution in [-0.4, -0.2) is 6.04 Å². The van der Waals surface area contributed by atoms with Crippen LogP contribution in [0.5, 0.6) is 0 Å². The van der Waals surface area contributed by atoms with Gasteiger partial charge in [-0.05, 0) is 6.42 Å². The lowest BCUT2D eigenvalue weighted by Crippen LogP contribution is -2.15. The smallest absolute Gasteiger partial charge is 0.0661 e. The fourth-order valence-electron chi connectivity index (χ4n) is 0.440. The van der Waals surface area contributed by atoms with Crippen molar-refractivity contribution in [1.82, 2.24) is 0 Å². The van der Waals surface area contributed by atoms with E-state index >= 15 is 0 Å². The quantitative estimate of drug-likeness (QED) is 0.446. The first-order valence-electron chi connectivity index (χ1n) is 3.48. The SMILES string of the molecule is C#CCCC#CC(N)CC. The molecular formula is C9H13N. The summed E-state index contributed by atoms with van der Waals surface area (Å²) in [5, 5.41) is 0. The minimum absolute atomic E-state index is 0.0257. The Morgan fingerprint density at radius 1 is 1.50 bits per heavy atom. The van der Waals surface area contributed by atoms with E-state index in [2.05, 4.69) is 17.8 Å². The van der Waals surface area contributed by atoms with Gasteiger partial charge in [-0.2, -0.15) is 0 Å². The second kappa shape index (κ2) is 6.20. The zero-order valence-electron chi connectivity index (χ0n) is 6.35. The molecule has 0 amide bonds. The highest BCUT2D eigenvalue weighted by Gasteiger charge is 1.87. The molecule has 10 heavy (non-hydrogen) atoms. The summed E-state index contributed by atoms with van der Waals surface area (Å²) in [6.45, 7) is 2.01.